The number of unbranched alkanes of at least 4 members (excludes halogenated alkanes) is 1. The highest BCUT2D eigenvalue weighted by Gasteiger charge is 2.08. The molecule has 0 spiro atoms. The van der Waals surface area contributed by atoms with Crippen molar-refractivity contribution >= 4 is 18.0 Å². The Labute approximate surface area is 72.3 Å². The number of rotatable bonds is 4. The highest BCUT2D eigenvalue weighted by molar-refractivity contribution is 7.99. The van der Waals surface area contributed by atoms with E-state index in [1.165, 1.54) is 24.6 Å². The maximum absolute atomic E-state index is 9.90. The summed E-state index contributed by atoms with van der Waals surface area (Å²) in [7, 11) is 0. The molecule has 0 aliphatic carbocycles. The molecule has 0 aromatic heterocycles. The SMILES string of the molecule is O=[C]CCCN1CCSCC1. The van der Waals surface area contributed by atoms with Crippen LogP contribution in [-0.2, 0) is 4.79 Å². The molecule has 0 amide bonds. The number of hydrogen-bond acceptors (Lipinski definition) is 3. The van der Waals surface area contributed by atoms with E-state index in [4.69, 9.17) is 0 Å². The fourth-order valence-electron chi connectivity index (χ4n) is 1.20. The van der Waals surface area contributed by atoms with E-state index in [1.54, 1.807) is 0 Å². The van der Waals surface area contributed by atoms with Crippen molar-refractivity contribution in [2.75, 3.05) is 31.1 Å². The van der Waals surface area contributed by atoms with Gasteiger partial charge in [-0.1, -0.05) is 0 Å². The highest BCUT2D eigenvalue weighted by atomic mass is 32.2. The Kier molecular flexibility index (Phi) is 4.62. The first kappa shape index (κ1) is 9.07. The maximum Gasteiger partial charge on any atom is 0.198 e. The van der Waals surface area contributed by atoms with Crippen molar-refractivity contribution in [3.05, 3.63) is 0 Å². The molecule has 1 aliphatic rings. The molecular weight excluding hydrogens is 158 g/mol. The third-order valence-corrected chi connectivity index (χ3v) is 2.80. The number of carbonyl (C=O) groups excluding carboxylic acids is 1. The van der Waals surface area contributed by atoms with E-state index in [-0.39, 0.29) is 0 Å². The third-order valence-electron chi connectivity index (χ3n) is 1.86. The van der Waals surface area contributed by atoms with Gasteiger partial charge in [0.25, 0.3) is 0 Å². The van der Waals surface area contributed by atoms with Crippen LogP contribution in [0.5, 0.6) is 0 Å². The first-order valence-electron chi connectivity index (χ1n) is 4.08. The van der Waals surface area contributed by atoms with Crippen LogP contribution in [0.3, 0.4) is 0 Å². The summed E-state index contributed by atoms with van der Waals surface area (Å²) in [6.45, 7) is 3.48. The summed E-state index contributed by atoms with van der Waals surface area (Å²) in [5, 5.41) is 0. The fraction of sp³-hybridized carbons (Fsp3) is 0.875. The molecule has 0 aromatic rings. The van der Waals surface area contributed by atoms with Gasteiger partial charge in [0.1, 0.15) is 0 Å². The molecule has 1 radical (unpaired) electrons. The van der Waals surface area contributed by atoms with Gasteiger partial charge in [-0.05, 0) is 13.0 Å². The lowest BCUT2D eigenvalue weighted by Gasteiger charge is -2.25. The van der Waals surface area contributed by atoms with Gasteiger partial charge in [0, 0.05) is 31.0 Å². The molecule has 1 fully saturated rings. The summed E-state index contributed by atoms with van der Waals surface area (Å²) in [6.07, 6.45) is 3.51. The topological polar surface area (TPSA) is 20.3 Å². The van der Waals surface area contributed by atoms with Crippen LogP contribution in [0.2, 0.25) is 0 Å². The lowest BCUT2D eigenvalue weighted by atomic mass is 10.3. The zero-order valence-electron chi connectivity index (χ0n) is 6.71. The minimum Gasteiger partial charge on any atom is -0.302 e. The number of nitrogens with zero attached hydrogens (tertiary/aromatic N) is 1. The molecular formula is C8H14NOS. The molecule has 0 atom stereocenters. The van der Waals surface area contributed by atoms with Gasteiger partial charge in [-0.25, -0.2) is 0 Å². The molecule has 1 heterocycles. The first-order chi connectivity index (χ1) is 5.43. The minimum atomic E-state index is 0.601. The molecule has 2 nitrogen and oxygen atoms in total. The van der Waals surface area contributed by atoms with E-state index >= 15 is 0 Å². The zero-order valence-corrected chi connectivity index (χ0v) is 7.53. The van der Waals surface area contributed by atoms with Gasteiger partial charge < -0.3 is 4.90 Å². The summed E-state index contributed by atoms with van der Waals surface area (Å²) in [5.41, 5.74) is 0. The summed E-state index contributed by atoms with van der Waals surface area (Å²) in [4.78, 5) is 12.3. The average molecular weight is 172 g/mol. The third kappa shape index (κ3) is 3.77. The van der Waals surface area contributed by atoms with Gasteiger partial charge in [-0.3, -0.25) is 4.79 Å². The summed E-state index contributed by atoms with van der Waals surface area (Å²) < 4.78 is 0. The van der Waals surface area contributed by atoms with Crippen molar-refractivity contribution < 1.29 is 4.79 Å². The number of thioether (sulfide) groups is 1. The second-order valence-corrected chi connectivity index (χ2v) is 3.93. The predicted octanol–water partition coefficient (Wildman–Crippen LogP) is 0.925. The molecule has 11 heavy (non-hydrogen) atoms. The van der Waals surface area contributed by atoms with E-state index in [0.29, 0.717) is 6.42 Å². The van der Waals surface area contributed by atoms with Crippen molar-refractivity contribution in [2.45, 2.75) is 12.8 Å². The molecule has 1 aliphatic heterocycles. The lowest BCUT2D eigenvalue weighted by molar-refractivity contribution is 0.300. The fourth-order valence-corrected chi connectivity index (χ4v) is 2.18. The van der Waals surface area contributed by atoms with Gasteiger partial charge in [0.15, 0.2) is 6.29 Å². The van der Waals surface area contributed by atoms with Crippen molar-refractivity contribution in [2.24, 2.45) is 0 Å². The predicted molar refractivity (Wildman–Crippen MR) is 48.7 cm³/mol. The lowest BCUT2D eigenvalue weighted by Crippen LogP contribution is -2.33. The summed E-state index contributed by atoms with van der Waals surface area (Å²) in [6, 6.07) is 0. The minimum absolute atomic E-state index is 0.601. The Morgan fingerprint density at radius 3 is 2.73 bits per heavy atom. The molecule has 0 N–H and O–H groups in total. The second kappa shape index (κ2) is 5.61. The van der Waals surface area contributed by atoms with E-state index in [0.717, 1.165) is 13.0 Å². The van der Waals surface area contributed by atoms with Gasteiger partial charge in [-0.2, -0.15) is 11.8 Å². The second-order valence-electron chi connectivity index (χ2n) is 2.70. The molecule has 0 aromatic carbocycles. The Hall–Kier alpha value is -0.0200. The zero-order chi connectivity index (χ0) is 7.94. The normalized spacial score (nSPS) is 20.0. The monoisotopic (exact) mass is 172 g/mol. The van der Waals surface area contributed by atoms with Gasteiger partial charge in [0.05, 0.1) is 0 Å². The quantitative estimate of drug-likeness (QED) is 0.588. The maximum atomic E-state index is 9.90. The Morgan fingerprint density at radius 1 is 1.36 bits per heavy atom. The largest absolute Gasteiger partial charge is 0.302 e. The molecule has 1 saturated heterocycles. The summed E-state index contributed by atoms with van der Waals surface area (Å²) >= 11 is 2.02. The van der Waals surface area contributed by atoms with E-state index < -0.39 is 0 Å². The molecule has 0 saturated carbocycles. The average Bonchev–Trinajstić information content (AvgIpc) is 2.07. The van der Waals surface area contributed by atoms with Gasteiger partial charge in [-0.15, -0.1) is 0 Å². The Morgan fingerprint density at radius 2 is 2.09 bits per heavy atom. The van der Waals surface area contributed by atoms with E-state index in [1.807, 2.05) is 18.0 Å². The number of hydrogen-bond donors (Lipinski definition) is 0. The molecule has 63 valence electrons. The summed E-state index contributed by atoms with van der Waals surface area (Å²) in [5.74, 6) is 2.51. The van der Waals surface area contributed by atoms with Gasteiger partial charge >= 0.3 is 0 Å². The highest BCUT2D eigenvalue weighted by Crippen LogP contribution is 2.09. The van der Waals surface area contributed by atoms with Crippen molar-refractivity contribution in [3.63, 3.8) is 0 Å². The standard InChI is InChI=1S/C8H14NOS/c10-6-2-1-3-9-4-7-11-8-5-9/h1-5,7-8H2. The molecule has 1 rings (SSSR count). The smallest absolute Gasteiger partial charge is 0.198 e. The van der Waals surface area contributed by atoms with Gasteiger partial charge in [0.2, 0.25) is 0 Å². The molecule has 3 heteroatoms. The van der Waals surface area contributed by atoms with Crippen molar-refractivity contribution in [1.29, 1.82) is 0 Å². The van der Waals surface area contributed by atoms with Crippen molar-refractivity contribution in [3.8, 4) is 0 Å². The van der Waals surface area contributed by atoms with Crippen LogP contribution in [-0.4, -0.2) is 42.3 Å². The van der Waals surface area contributed by atoms with Crippen LogP contribution in [0.4, 0.5) is 0 Å². The Bertz CT molecular complexity index is 113. The van der Waals surface area contributed by atoms with E-state index in [2.05, 4.69) is 4.90 Å². The van der Waals surface area contributed by atoms with Crippen LogP contribution in [0, 0.1) is 0 Å². The van der Waals surface area contributed by atoms with Crippen LogP contribution in [0.1, 0.15) is 12.8 Å². The van der Waals surface area contributed by atoms with Crippen molar-refractivity contribution in [1.82, 2.24) is 4.90 Å². The van der Waals surface area contributed by atoms with E-state index in [9.17, 15) is 4.79 Å². The van der Waals surface area contributed by atoms with Crippen LogP contribution >= 0.6 is 11.8 Å². The van der Waals surface area contributed by atoms with Crippen LogP contribution in [0.15, 0.2) is 0 Å². The molecule has 0 unspecified atom stereocenters. The Balaban J connectivity index is 2.00. The first-order valence-corrected chi connectivity index (χ1v) is 5.24. The molecule has 0 bridgehead atoms. The van der Waals surface area contributed by atoms with Crippen LogP contribution < -0.4 is 0 Å². The van der Waals surface area contributed by atoms with Crippen LogP contribution in [0.25, 0.3) is 0 Å².